The predicted octanol–water partition coefficient (Wildman–Crippen LogP) is 3.16. The van der Waals surface area contributed by atoms with Gasteiger partial charge in [0.15, 0.2) is 11.5 Å². The Morgan fingerprint density at radius 3 is 2.16 bits per heavy atom. The summed E-state index contributed by atoms with van der Waals surface area (Å²) in [6, 6.07) is 3.56. The average Bonchev–Trinajstić information content (AvgIpc) is 2.53. The molecule has 0 unspecified atom stereocenters. The van der Waals surface area contributed by atoms with Gasteiger partial charge in [-0.1, -0.05) is 20.8 Å². The van der Waals surface area contributed by atoms with Crippen molar-refractivity contribution in [1.29, 1.82) is 0 Å². The molecule has 1 aromatic carbocycles. The molecule has 0 bridgehead atoms. The van der Waals surface area contributed by atoms with Gasteiger partial charge in [-0.25, -0.2) is 0 Å². The van der Waals surface area contributed by atoms with Gasteiger partial charge in [0, 0.05) is 13.1 Å². The van der Waals surface area contributed by atoms with Crippen LogP contribution >= 0.6 is 12.4 Å². The number of carbonyl (C=O) groups is 1. The molecule has 2 rings (SSSR count). The van der Waals surface area contributed by atoms with Crippen LogP contribution in [0.2, 0.25) is 0 Å². The van der Waals surface area contributed by atoms with Gasteiger partial charge in [0.1, 0.15) is 0 Å². The summed E-state index contributed by atoms with van der Waals surface area (Å²) in [5, 5.41) is 0. The molecule has 0 saturated heterocycles. The van der Waals surface area contributed by atoms with E-state index < -0.39 is 6.04 Å². The third-order valence-corrected chi connectivity index (χ3v) is 4.39. The average molecular weight is 371 g/mol. The van der Waals surface area contributed by atoms with Gasteiger partial charge in [-0.15, -0.1) is 12.4 Å². The van der Waals surface area contributed by atoms with Crippen molar-refractivity contribution >= 4 is 18.3 Å². The molecule has 1 heterocycles. The summed E-state index contributed by atoms with van der Waals surface area (Å²) in [4.78, 5) is 14.5. The molecule has 0 spiro atoms. The molecule has 0 aliphatic carbocycles. The van der Waals surface area contributed by atoms with Crippen LogP contribution in [0.3, 0.4) is 0 Å². The Morgan fingerprint density at radius 1 is 1.16 bits per heavy atom. The Bertz CT molecular complexity index is 599. The van der Waals surface area contributed by atoms with E-state index in [0.717, 1.165) is 23.5 Å². The standard InChI is InChI=1S/C19H30N2O3.ClH/c1-6-23-15-10-13-8-9-21(18(22)17(20)19(3,4)5)12-14(13)11-16(15)24-7-2;/h10-11,17H,6-9,12,20H2,1-5H3;1H/t17-;/m1./s1. The second-order valence-corrected chi connectivity index (χ2v) is 7.29. The number of halogens is 1. The molecule has 1 atom stereocenters. The molecule has 1 amide bonds. The molecular weight excluding hydrogens is 340 g/mol. The summed E-state index contributed by atoms with van der Waals surface area (Å²) in [7, 11) is 0. The van der Waals surface area contributed by atoms with Crippen molar-refractivity contribution < 1.29 is 14.3 Å². The fourth-order valence-corrected chi connectivity index (χ4v) is 2.86. The molecular formula is C19H31ClN2O3. The summed E-state index contributed by atoms with van der Waals surface area (Å²) in [6.45, 7) is 12.3. The predicted molar refractivity (Wildman–Crippen MR) is 103 cm³/mol. The van der Waals surface area contributed by atoms with Gasteiger partial charge >= 0.3 is 0 Å². The lowest BCUT2D eigenvalue weighted by molar-refractivity contribution is -0.135. The van der Waals surface area contributed by atoms with Gasteiger partial charge < -0.3 is 20.1 Å². The number of ether oxygens (including phenoxy) is 2. The van der Waals surface area contributed by atoms with E-state index in [1.54, 1.807) is 0 Å². The lowest BCUT2D eigenvalue weighted by atomic mass is 9.86. The Hall–Kier alpha value is -1.46. The minimum absolute atomic E-state index is 0. The summed E-state index contributed by atoms with van der Waals surface area (Å²) in [5.74, 6) is 1.54. The Labute approximate surface area is 157 Å². The van der Waals surface area contributed by atoms with Crippen molar-refractivity contribution in [3.05, 3.63) is 23.3 Å². The highest BCUT2D eigenvalue weighted by Crippen LogP contribution is 2.34. The Kier molecular flexibility index (Phi) is 7.57. The van der Waals surface area contributed by atoms with Gasteiger partial charge in [0.05, 0.1) is 19.3 Å². The molecule has 6 heteroatoms. The van der Waals surface area contributed by atoms with Crippen molar-refractivity contribution in [2.45, 2.75) is 53.6 Å². The quantitative estimate of drug-likeness (QED) is 0.864. The van der Waals surface area contributed by atoms with E-state index in [1.165, 1.54) is 5.56 Å². The first-order valence-corrected chi connectivity index (χ1v) is 8.73. The zero-order valence-electron chi connectivity index (χ0n) is 15.9. The zero-order chi connectivity index (χ0) is 17.9. The first-order chi connectivity index (χ1) is 11.3. The summed E-state index contributed by atoms with van der Waals surface area (Å²) in [5.41, 5.74) is 8.24. The fourth-order valence-electron chi connectivity index (χ4n) is 2.86. The van der Waals surface area contributed by atoms with E-state index in [0.29, 0.717) is 26.3 Å². The van der Waals surface area contributed by atoms with Crippen molar-refractivity contribution in [3.63, 3.8) is 0 Å². The largest absolute Gasteiger partial charge is 0.490 e. The van der Waals surface area contributed by atoms with Crippen LogP contribution in [-0.2, 0) is 17.8 Å². The van der Waals surface area contributed by atoms with Crippen LogP contribution in [0.5, 0.6) is 11.5 Å². The molecule has 5 nitrogen and oxygen atoms in total. The highest BCUT2D eigenvalue weighted by molar-refractivity contribution is 5.85. The number of fused-ring (bicyclic) bond motifs is 1. The number of hydrogen-bond donors (Lipinski definition) is 1. The minimum atomic E-state index is -0.492. The Balaban J connectivity index is 0.00000312. The van der Waals surface area contributed by atoms with Crippen LogP contribution in [-0.4, -0.2) is 36.6 Å². The maximum Gasteiger partial charge on any atom is 0.240 e. The molecule has 1 aliphatic rings. The highest BCUT2D eigenvalue weighted by atomic mass is 35.5. The summed E-state index contributed by atoms with van der Waals surface area (Å²) < 4.78 is 11.4. The maximum atomic E-state index is 12.7. The van der Waals surface area contributed by atoms with Gasteiger partial charge in [-0.2, -0.15) is 0 Å². The van der Waals surface area contributed by atoms with Crippen molar-refractivity contribution in [2.24, 2.45) is 11.1 Å². The van der Waals surface area contributed by atoms with Crippen molar-refractivity contribution in [3.8, 4) is 11.5 Å². The van der Waals surface area contributed by atoms with Crippen molar-refractivity contribution in [1.82, 2.24) is 4.90 Å². The molecule has 2 N–H and O–H groups in total. The molecule has 0 fully saturated rings. The highest BCUT2D eigenvalue weighted by Gasteiger charge is 2.32. The van der Waals surface area contributed by atoms with Crippen LogP contribution in [0.1, 0.15) is 45.7 Å². The molecule has 0 aromatic heterocycles. The zero-order valence-corrected chi connectivity index (χ0v) is 16.7. The van der Waals surface area contributed by atoms with Gasteiger partial charge in [0.2, 0.25) is 5.91 Å². The number of benzene rings is 1. The van der Waals surface area contributed by atoms with E-state index in [1.807, 2.05) is 45.6 Å². The van der Waals surface area contributed by atoms with Gasteiger partial charge in [-0.3, -0.25) is 4.79 Å². The third-order valence-electron chi connectivity index (χ3n) is 4.39. The Morgan fingerprint density at radius 2 is 1.68 bits per heavy atom. The van der Waals surface area contributed by atoms with E-state index in [-0.39, 0.29) is 23.7 Å². The smallest absolute Gasteiger partial charge is 0.240 e. The maximum absolute atomic E-state index is 12.7. The molecule has 0 radical (unpaired) electrons. The number of amides is 1. The van der Waals surface area contributed by atoms with E-state index in [9.17, 15) is 4.79 Å². The second-order valence-electron chi connectivity index (χ2n) is 7.29. The third kappa shape index (κ3) is 5.02. The van der Waals surface area contributed by atoms with Gasteiger partial charge in [0.25, 0.3) is 0 Å². The normalized spacial score (nSPS) is 15.0. The fraction of sp³-hybridized carbons (Fsp3) is 0.632. The number of nitrogens with two attached hydrogens (primary N) is 1. The number of hydrogen-bond acceptors (Lipinski definition) is 4. The number of nitrogens with zero attached hydrogens (tertiary/aromatic N) is 1. The van der Waals surface area contributed by atoms with Crippen LogP contribution in [0.25, 0.3) is 0 Å². The number of rotatable bonds is 5. The van der Waals surface area contributed by atoms with E-state index in [2.05, 4.69) is 6.07 Å². The van der Waals surface area contributed by atoms with Crippen molar-refractivity contribution in [2.75, 3.05) is 19.8 Å². The van der Waals surface area contributed by atoms with Crippen LogP contribution < -0.4 is 15.2 Å². The summed E-state index contributed by atoms with van der Waals surface area (Å²) >= 11 is 0. The van der Waals surface area contributed by atoms with Crippen LogP contribution in [0, 0.1) is 5.41 Å². The molecule has 1 aromatic rings. The van der Waals surface area contributed by atoms with Crippen LogP contribution in [0.15, 0.2) is 12.1 Å². The minimum Gasteiger partial charge on any atom is -0.490 e. The number of carbonyl (C=O) groups excluding carboxylic acids is 1. The molecule has 0 saturated carbocycles. The topological polar surface area (TPSA) is 64.8 Å². The molecule has 1 aliphatic heterocycles. The molecule has 142 valence electrons. The second kappa shape index (κ2) is 8.77. The first-order valence-electron chi connectivity index (χ1n) is 8.73. The molecule has 25 heavy (non-hydrogen) atoms. The van der Waals surface area contributed by atoms with E-state index >= 15 is 0 Å². The lowest BCUT2D eigenvalue weighted by Crippen LogP contribution is -2.51. The first kappa shape index (κ1) is 21.6. The summed E-state index contributed by atoms with van der Waals surface area (Å²) in [6.07, 6.45) is 0.810. The van der Waals surface area contributed by atoms with Crippen LogP contribution in [0.4, 0.5) is 0 Å². The van der Waals surface area contributed by atoms with Gasteiger partial charge in [-0.05, 0) is 48.9 Å². The van der Waals surface area contributed by atoms with E-state index in [4.69, 9.17) is 15.2 Å². The SMILES string of the molecule is CCOc1cc2c(cc1OCC)CN(C(=O)[C@@H](N)C(C)(C)C)CC2.Cl. The monoisotopic (exact) mass is 370 g/mol. The lowest BCUT2D eigenvalue weighted by Gasteiger charge is -2.35.